The highest BCUT2D eigenvalue weighted by Crippen LogP contribution is 2.21. The van der Waals surface area contributed by atoms with Crippen LogP contribution in [0.4, 0.5) is 5.82 Å². The molecule has 2 heterocycles. The Morgan fingerprint density at radius 3 is 2.69 bits per heavy atom. The number of sulfone groups is 1. The van der Waals surface area contributed by atoms with Crippen molar-refractivity contribution < 1.29 is 8.42 Å². The minimum atomic E-state index is -2.91. The van der Waals surface area contributed by atoms with E-state index in [0.29, 0.717) is 30.5 Å². The van der Waals surface area contributed by atoms with Crippen LogP contribution in [-0.4, -0.2) is 43.0 Å². The fraction of sp³-hybridized carbons (Fsp3) is 0.556. The summed E-state index contributed by atoms with van der Waals surface area (Å²) in [4.78, 5) is 9.94. The lowest BCUT2D eigenvalue weighted by atomic mass is 10.4. The number of hydrogen-bond donors (Lipinski definition) is 0. The molecule has 0 spiro atoms. The quantitative estimate of drug-likeness (QED) is 0.747. The van der Waals surface area contributed by atoms with E-state index in [4.69, 9.17) is 11.6 Å². The van der Waals surface area contributed by atoms with Gasteiger partial charge in [0, 0.05) is 25.5 Å². The van der Waals surface area contributed by atoms with Gasteiger partial charge in [0.25, 0.3) is 0 Å². The van der Waals surface area contributed by atoms with E-state index < -0.39 is 9.84 Å². The fourth-order valence-corrected chi connectivity index (χ4v) is 3.17. The Balaban J connectivity index is 2.20. The second kappa shape index (κ2) is 4.55. The van der Waals surface area contributed by atoms with E-state index in [1.807, 2.05) is 4.90 Å². The number of hydrogen-bond acceptors (Lipinski definition) is 5. The largest absolute Gasteiger partial charge is 0.353 e. The molecule has 5 nitrogen and oxygen atoms in total. The zero-order valence-corrected chi connectivity index (χ0v) is 10.2. The van der Waals surface area contributed by atoms with Crippen LogP contribution in [0.1, 0.15) is 6.42 Å². The molecule has 1 aromatic rings. The van der Waals surface area contributed by atoms with Gasteiger partial charge in [-0.05, 0) is 6.42 Å². The molecule has 16 heavy (non-hydrogen) atoms. The molecule has 0 N–H and O–H groups in total. The molecule has 1 aliphatic rings. The molecular weight excluding hydrogens is 250 g/mol. The molecule has 1 aliphatic heterocycles. The normalized spacial score (nSPS) is 20.4. The molecule has 1 saturated heterocycles. The molecule has 0 bridgehead atoms. The van der Waals surface area contributed by atoms with Crippen LogP contribution in [0, 0.1) is 0 Å². The molecule has 0 amide bonds. The van der Waals surface area contributed by atoms with E-state index >= 15 is 0 Å². The van der Waals surface area contributed by atoms with Crippen molar-refractivity contribution in [3.05, 3.63) is 17.5 Å². The SMILES string of the molecule is O=S1(=O)CCCN(c2nccnc2Cl)CC1. The highest BCUT2D eigenvalue weighted by atomic mass is 35.5. The molecule has 7 heteroatoms. The molecule has 1 fully saturated rings. The maximum absolute atomic E-state index is 11.4. The van der Waals surface area contributed by atoms with Crippen LogP contribution in [0.2, 0.25) is 5.15 Å². The van der Waals surface area contributed by atoms with E-state index in [9.17, 15) is 8.42 Å². The van der Waals surface area contributed by atoms with Gasteiger partial charge in [-0.2, -0.15) is 0 Å². The second-order valence-electron chi connectivity index (χ2n) is 3.66. The predicted molar refractivity (Wildman–Crippen MR) is 62.5 cm³/mol. The van der Waals surface area contributed by atoms with Crippen LogP contribution >= 0.6 is 11.6 Å². The van der Waals surface area contributed by atoms with Gasteiger partial charge < -0.3 is 4.90 Å². The Labute approximate surface area is 99.4 Å². The lowest BCUT2D eigenvalue weighted by Crippen LogP contribution is -2.28. The zero-order valence-electron chi connectivity index (χ0n) is 8.63. The van der Waals surface area contributed by atoms with E-state index in [-0.39, 0.29) is 11.5 Å². The monoisotopic (exact) mass is 261 g/mol. The molecule has 0 saturated carbocycles. The van der Waals surface area contributed by atoms with Crippen LogP contribution in [0.25, 0.3) is 0 Å². The summed E-state index contributed by atoms with van der Waals surface area (Å²) in [5.41, 5.74) is 0. The van der Waals surface area contributed by atoms with Gasteiger partial charge >= 0.3 is 0 Å². The first kappa shape index (κ1) is 11.6. The molecule has 0 radical (unpaired) electrons. The number of rotatable bonds is 1. The average Bonchev–Trinajstić information content (AvgIpc) is 2.40. The van der Waals surface area contributed by atoms with Crippen molar-refractivity contribution in [1.82, 2.24) is 9.97 Å². The summed E-state index contributed by atoms with van der Waals surface area (Å²) >= 11 is 5.92. The van der Waals surface area contributed by atoms with Crippen molar-refractivity contribution >= 4 is 27.3 Å². The number of halogens is 1. The molecule has 0 atom stereocenters. The Bertz CT molecular complexity index is 477. The minimum absolute atomic E-state index is 0.153. The van der Waals surface area contributed by atoms with Crippen molar-refractivity contribution in [3.63, 3.8) is 0 Å². The van der Waals surface area contributed by atoms with Crippen LogP contribution in [0.5, 0.6) is 0 Å². The summed E-state index contributed by atoms with van der Waals surface area (Å²) in [6.45, 7) is 1.08. The standard InChI is InChI=1S/C9H12ClN3O2S/c10-8-9(12-3-2-11-8)13-4-1-6-16(14,15)7-5-13/h2-3H,1,4-7H2. The first-order valence-corrected chi connectivity index (χ1v) is 7.20. The van der Waals surface area contributed by atoms with Crippen molar-refractivity contribution in [2.24, 2.45) is 0 Å². The van der Waals surface area contributed by atoms with Crippen molar-refractivity contribution in [2.45, 2.75) is 6.42 Å². The van der Waals surface area contributed by atoms with Gasteiger partial charge in [-0.1, -0.05) is 11.6 Å². The maximum atomic E-state index is 11.4. The van der Waals surface area contributed by atoms with E-state index in [2.05, 4.69) is 9.97 Å². The van der Waals surface area contributed by atoms with Crippen molar-refractivity contribution in [2.75, 3.05) is 29.5 Å². The van der Waals surface area contributed by atoms with Gasteiger partial charge in [0.05, 0.1) is 11.5 Å². The van der Waals surface area contributed by atoms with Gasteiger partial charge in [0.1, 0.15) is 0 Å². The van der Waals surface area contributed by atoms with Crippen LogP contribution in [0.15, 0.2) is 12.4 Å². The lowest BCUT2D eigenvalue weighted by Gasteiger charge is -2.20. The molecule has 0 aromatic carbocycles. The molecule has 88 valence electrons. The van der Waals surface area contributed by atoms with Gasteiger partial charge in [-0.25, -0.2) is 18.4 Å². The first-order chi connectivity index (χ1) is 7.58. The van der Waals surface area contributed by atoms with E-state index in [0.717, 1.165) is 0 Å². The Morgan fingerprint density at radius 1 is 1.19 bits per heavy atom. The molecule has 2 rings (SSSR count). The van der Waals surface area contributed by atoms with Crippen LogP contribution in [-0.2, 0) is 9.84 Å². The first-order valence-electron chi connectivity index (χ1n) is 5.00. The van der Waals surface area contributed by atoms with E-state index in [1.165, 1.54) is 6.20 Å². The van der Waals surface area contributed by atoms with Gasteiger partial charge in [0.15, 0.2) is 20.8 Å². The van der Waals surface area contributed by atoms with Crippen molar-refractivity contribution in [3.8, 4) is 0 Å². The molecule has 1 aromatic heterocycles. The van der Waals surface area contributed by atoms with Crippen LogP contribution in [0.3, 0.4) is 0 Å². The van der Waals surface area contributed by atoms with Gasteiger partial charge in [-0.15, -0.1) is 0 Å². The van der Waals surface area contributed by atoms with Gasteiger partial charge in [0.2, 0.25) is 0 Å². The summed E-state index contributed by atoms with van der Waals surface area (Å²) < 4.78 is 22.9. The fourth-order valence-electron chi connectivity index (χ4n) is 1.68. The molecule has 0 unspecified atom stereocenters. The number of nitrogens with zero attached hydrogens (tertiary/aromatic N) is 3. The summed E-state index contributed by atoms with van der Waals surface area (Å²) in [6.07, 6.45) is 3.68. The summed E-state index contributed by atoms with van der Waals surface area (Å²) in [5, 5.41) is 0.321. The summed E-state index contributed by atoms with van der Waals surface area (Å²) in [6, 6.07) is 0. The summed E-state index contributed by atoms with van der Waals surface area (Å²) in [5.74, 6) is 0.961. The topological polar surface area (TPSA) is 63.2 Å². The smallest absolute Gasteiger partial charge is 0.171 e. The minimum Gasteiger partial charge on any atom is -0.353 e. The van der Waals surface area contributed by atoms with Crippen molar-refractivity contribution in [1.29, 1.82) is 0 Å². The number of anilines is 1. The average molecular weight is 262 g/mol. The third kappa shape index (κ3) is 2.62. The Morgan fingerprint density at radius 2 is 1.94 bits per heavy atom. The summed E-state index contributed by atoms with van der Waals surface area (Å²) in [7, 11) is -2.91. The van der Waals surface area contributed by atoms with E-state index in [1.54, 1.807) is 6.20 Å². The Hall–Kier alpha value is -0.880. The predicted octanol–water partition coefficient (Wildman–Crippen LogP) is 0.755. The molecular formula is C9H12ClN3O2S. The Kier molecular flexibility index (Phi) is 3.30. The zero-order chi connectivity index (χ0) is 11.6. The van der Waals surface area contributed by atoms with Crippen LogP contribution < -0.4 is 4.90 Å². The highest BCUT2D eigenvalue weighted by molar-refractivity contribution is 7.91. The third-order valence-corrected chi connectivity index (χ3v) is 4.47. The number of aromatic nitrogens is 2. The molecule has 0 aliphatic carbocycles. The highest BCUT2D eigenvalue weighted by Gasteiger charge is 2.21. The second-order valence-corrected chi connectivity index (χ2v) is 6.32. The lowest BCUT2D eigenvalue weighted by molar-refractivity contribution is 0.597. The third-order valence-electron chi connectivity index (χ3n) is 2.49. The van der Waals surface area contributed by atoms with Gasteiger partial charge in [-0.3, -0.25) is 0 Å². The maximum Gasteiger partial charge on any atom is 0.171 e.